The molecule has 0 aliphatic heterocycles. The smallest absolute Gasteiger partial charge is 0.356 e. The van der Waals surface area contributed by atoms with Gasteiger partial charge in [-0.15, -0.1) is 10.2 Å². The highest BCUT2D eigenvalue weighted by Crippen LogP contribution is 2.41. The monoisotopic (exact) mass is 994 g/mol. The lowest BCUT2D eigenvalue weighted by atomic mass is 10.0. The SMILES string of the molecule is CCCC(=O)c1cc(-c2cn(-c3c(Cl)c(Cl)nc(C(=O)O)c3Cl)nn2)nc(-c2cn(-c3c(Cl)c(Cl)nc(C(=O)O)c3Cl)nn2)c1.[N-]=[N+]=Nc1c(Cl)c(Cl)cc(C(=O)O)c1Cl. The van der Waals surface area contributed by atoms with Crippen LogP contribution in [0.25, 0.3) is 44.6 Å². The van der Waals surface area contributed by atoms with Crippen LogP contribution < -0.4 is 0 Å². The average molecular weight is 999 g/mol. The van der Waals surface area contributed by atoms with Gasteiger partial charge < -0.3 is 15.3 Å². The predicted molar refractivity (Wildman–Crippen MR) is 221 cm³/mol. The molecular formula is C32H15Cl9N12O7. The molecule has 0 saturated carbocycles. The zero-order valence-electron chi connectivity index (χ0n) is 29.0. The van der Waals surface area contributed by atoms with Crippen molar-refractivity contribution in [2.75, 3.05) is 0 Å². The molecule has 6 rings (SSSR count). The second-order valence-electron chi connectivity index (χ2n) is 11.3. The molecule has 6 aromatic rings. The number of aromatic nitrogens is 9. The fourth-order valence-electron chi connectivity index (χ4n) is 4.88. The first kappa shape index (κ1) is 46.0. The van der Waals surface area contributed by atoms with Gasteiger partial charge in [-0.25, -0.2) is 38.7 Å². The molecule has 3 N–H and O–H groups in total. The number of ketones is 1. The molecule has 5 heterocycles. The Morgan fingerprint density at radius 2 is 1.12 bits per heavy atom. The molecule has 0 aliphatic rings. The van der Waals surface area contributed by atoms with E-state index in [2.05, 4.69) is 45.6 Å². The largest absolute Gasteiger partial charge is 0.478 e. The number of carboxylic acid groups (broad SMARTS) is 3. The highest BCUT2D eigenvalue weighted by molar-refractivity contribution is 6.47. The van der Waals surface area contributed by atoms with Crippen LogP contribution in [0.15, 0.2) is 35.7 Å². The van der Waals surface area contributed by atoms with Gasteiger partial charge in [0, 0.05) is 16.9 Å². The van der Waals surface area contributed by atoms with Gasteiger partial charge in [0.05, 0.1) is 50.1 Å². The Morgan fingerprint density at radius 1 is 0.650 bits per heavy atom. The van der Waals surface area contributed by atoms with Crippen molar-refractivity contribution in [3.63, 3.8) is 0 Å². The lowest BCUT2D eigenvalue weighted by Crippen LogP contribution is -2.07. The molecule has 0 atom stereocenters. The van der Waals surface area contributed by atoms with Gasteiger partial charge in [-0.1, -0.05) is 127 Å². The van der Waals surface area contributed by atoms with Gasteiger partial charge in [0.25, 0.3) is 0 Å². The molecule has 0 fully saturated rings. The van der Waals surface area contributed by atoms with Gasteiger partial charge in [-0.05, 0) is 30.2 Å². The first-order valence-corrected chi connectivity index (χ1v) is 19.1. The molecule has 308 valence electrons. The minimum Gasteiger partial charge on any atom is -0.478 e. The first-order valence-electron chi connectivity index (χ1n) is 15.7. The van der Waals surface area contributed by atoms with E-state index in [1.165, 1.54) is 24.5 Å². The van der Waals surface area contributed by atoms with Crippen molar-refractivity contribution in [2.45, 2.75) is 19.8 Å². The van der Waals surface area contributed by atoms with E-state index in [9.17, 15) is 29.4 Å². The van der Waals surface area contributed by atoms with E-state index in [0.717, 1.165) is 15.4 Å². The quantitative estimate of drug-likeness (QED) is 0.0272. The van der Waals surface area contributed by atoms with Gasteiger partial charge in [0.1, 0.15) is 42.9 Å². The standard InChI is InChI=1S/C25H13Cl6N9O5.C7H2Cl3N3O2/c1-2-3-13(41)8-4-9(11-6-39(37-35-11)20-14(26)18(24(42)43)33-22(30)16(20)28)32-10(5-8)12-7-40(38-36-12)21-15(27)19(25(44)45)34-23(31)17(21)29;8-3-1-2(7(14)15)4(9)6(5(3)10)12-13-11/h4-7H,2-3H2,1H3,(H,42,43)(H,44,45);1H,(H,14,15). The summed E-state index contributed by atoms with van der Waals surface area (Å²) in [4.78, 5) is 61.4. The third-order valence-corrected chi connectivity index (χ3v) is 10.9. The molecule has 0 aliphatic carbocycles. The van der Waals surface area contributed by atoms with Crippen molar-refractivity contribution in [3.8, 4) is 34.2 Å². The number of hydrogen-bond acceptors (Lipinski definition) is 12. The normalized spacial score (nSPS) is 10.8. The molecule has 28 heteroatoms. The van der Waals surface area contributed by atoms with Crippen LogP contribution >= 0.6 is 104 Å². The van der Waals surface area contributed by atoms with Crippen LogP contribution in [0.3, 0.4) is 0 Å². The first-order chi connectivity index (χ1) is 28.3. The topological polar surface area (TPSA) is 278 Å². The van der Waals surface area contributed by atoms with Crippen molar-refractivity contribution in [3.05, 3.63) is 109 Å². The Balaban J connectivity index is 0.000000384. The molecule has 19 nitrogen and oxygen atoms in total. The van der Waals surface area contributed by atoms with Crippen molar-refractivity contribution < 1.29 is 34.5 Å². The lowest BCUT2D eigenvalue weighted by molar-refractivity contribution is 0.0680. The average Bonchev–Trinajstić information content (AvgIpc) is 3.89. The Kier molecular flexibility index (Phi) is 14.7. The molecule has 0 spiro atoms. The molecule has 1 aromatic carbocycles. The van der Waals surface area contributed by atoms with Gasteiger partial charge in [-0.2, -0.15) is 0 Å². The molecule has 0 saturated heterocycles. The highest BCUT2D eigenvalue weighted by atomic mass is 35.5. The van der Waals surface area contributed by atoms with Crippen LogP contribution in [-0.2, 0) is 0 Å². The summed E-state index contributed by atoms with van der Waals surface area (Å²) in [6.07, 6.45) is 3.48. The fraction of sp³-hybridized carbons (Fsp3) is 0.0938. The number of benzene rings is 1. The number of nitrogens with zero attached hydrogens (tertiary/aromatic N) is 12. The minimum absolute atomic E-state index is 0.0409. The fourth-order valence-corrected chi connectivity index (χ4v) is 7.08. The summed E-state index contributed by atoms with van der Waals surface area (Å²) >= 11 is 54.2. The number of aromatic carboxylic acids is 3. The van der Waals surface area contributed by atoms with Crippen molar-refractivity contribution in [1.29, 1.82) is 0 Å². The van der Waals surface area contributed by atoms with E-state index >= 15 is 0 Å². The molecule has 0 radical (unpaired) electrons. The third-order valence-electron chi connectivity index (χ3n) is 7.54. The second kappa shape index (κ2) is 19.1. The third kappa shape index (κ3) is 9.45. The maximum Gasteiger partial charge on any atom is 0.356 e. The van der Waals surface area contributed by atoms with Gasteiger partial charge in [-0.3, -0.25) is 4.79 Å². The van der Waals surface area contributed by atoms with Crippen LogP contribution in [-0.4, -0.2) is 84.0 Å². The molecule has 0 unspecified atom stereocenters. The van der Waals surface area contributed by atoms with Crippen molar-refractivity contribution >= 4 is 134 Å². The molecule has 60 heavy (non-hydrogen) atoms. The van der Waals surface area contributed by atoms with Crippen LogP contribution in [0.1, 0.15) is 61.5 Å². The number of Topliss-reactive ketones (excluding diaryl/α,β-unsaturated/α-hetero) is 1. The number of pyridine rings is 3. The molecule has 5 aromatic heterocycles. The summed E-state index contributed by atoms with van der Waals surface area (Å²) in [5, 5.41) is 45.0. The number of azide groups is 1. The summed E-state index contributed by atoms with van der Waals surface area (Å²) in [6, 6.07) is 4.06. The number of hydrogen-bond donors (Lipinski definition) is 3. The summed E-state index contributed by atoms with van der Waals surface area (Å²) in [7, 11) is 0. The Bertz CT molecular complexity index is 2700. The number of halogens is 9. The maximum atomic E-state index is 13.0. The van der Waals surface area contributed by atoms with Crippen molar-refractivity contribution in [1.82, 2.24) is 44.9 Å². The van der Waals surface area contributed by atoms with E-state index in [0.29, 0.717) is 6.42 Å². The number of carboxylic acids is 3. The lowest BCUT2D eigenvalue weighted by Gasteiger charge is -2.09. The van der Waals surface area contributed by atoms with E-state index in [1.807, 2.05) is 6.92 Å². The van der Waals surface area contributed by atoms with Gasteiger partial charge >= 0.3 is 17.9 Å². The van der Waals surface area contributed by atoms with Crippen LogP contribution in [0.2, 0.25) is 45.5 Å². The number of rotatable bonds is 11. The van der Waals surface area contributed by atoms with Gasteiger partial charge in [0.2, 0.25) is 0 Å². The molecule has 0 amide bonds. The second-order valence-corrected chi connectivity index (χ2v) is 14.7. The number of carbonyl (C=O) groups excluding carboxylic acids is 1. The molecule has 0 bridgehead atoms. The predicted octanol–water partition coefficient (Wildman–Crippen LogP) is 11.0. The van der Waals surface area contributed by atoms with E-state index < -0.39 is 29.3 Å². The minimum atomic E-state index is -1.45. The zero-order valence-corrected chi connectivity index (χ0v) is 35.8. The number of carbonyl (C=O) groups is 4. The van der Waals surface area contributed by atoms with Crippen LogP contribution in [0.4, 0.5) is 5.69 Å². The Labute approximate surface area is 378 Å². The van der Waals surface area contributed by atoms with E-state index in [1.54, 1.807) is 0 Å². The summed E-state index contributed by atoms with van der Waals surface area (Å²) in [5.74, 6) is -4.39. The van der Waals surface area contributed by atoms with Crippen LogP contribution in [0, 0.1) is 0 Å². The summed E-state index contributed by atoms with van der Waals surface area (Å²) < 4.78 is 2.19. The Morgan fingerprint density at radius 3 is 1.52 bits per heavy atom. The molecular weight excluding hydrogens is 984 g/mol. The van der Waals surface area contributed by atoms with Crippen molar-refractivity contribution in [2.24, 2.45) is 5.11 Å². The van der Waals surface area contributed by atoms with Gasteiger partial charge in [0.15, 0.2) is 27.5 Å². The summed E-state index contributed by atoms with van der Waals surface area (Å²) in [6.45, 7) is 1.84. The summed E-state index contributed by atoms with van der Waals surface area (Å²) in [5.41, 5.74) is 7.32. The van der Waals surface area contributed by atoms with Crippen LogP contribution in [0.5, 0.6) is 0 Å². The van der Waals surface area contributed by atoms with E-state index in [-0.39, 0.29) is 109 Å². The zero-order chi connectivity index (χ0) is 44.3. The highest BCUT2D eigenvalue weighted by Gasteiger charge is 2.26. The Hall–Kier alpha value is -5.05. The van der Waals surface area contributed by atoms with E-state index in [4.69, 9.17) is 115 Å². The maximum absolute atomic E-state index is 13.0.